The van der Waals surface area contributed by atoms with Crippen LogP contribution in [0.2, 0.25) is 0 Å². The minimum Gasteiger partial charge on any atom is -0.234 e. The number of aromatic nitrogens is 3. The summed E-state index contributed by atoms with van der Waals surface area (Å²) in [6.45, 7) is 0.482. The Hall–Kier alpha value is -1.53. The normalized spacial score (nSPS) is 18.7. The molecule has 15 heavy (non-hydrogen) atoms. The van der Waals surface area contributed by atoms with Crippen molar-refractivity contribution in [1.82, 2.24) is 14.8 Å². The molecule has 8 heteroatoms. The molecule has 0 fully saturated rings. The van der Waals surface area contributed by atoms with E-state index in [1.54, 1.807) is 0 Å². The summed E-state index contributed by atoms with van der Waals surface area (Å²) in [7, 11) is -3.38. The average molecular weight is 228 g/mol. The lowest BCUT2D eigenvalue weighted by atomic mass is 10.3. The maximum absolute atomic E-state index is 11.6. The fourth-order valence-corrected chi connectivity index (χ4v) is 2.87. The minimum absolute atomic E-state index is 0.0654. The van der Waals surface area contributed by atoms with E-state index in [1.807, 2.05) is 0 Å². The van der Waals surface area contributed by atoms with Crippen LogP contribution in [0.25, 0.3) is 0 Å². The second-order valence-corrected chi connectivity index (χ2v) is 5.15. The minimum atomic E-state index is -3.38. The van der Waals surface area contributed by atoms with Gasteiger partial charge in [0.05, 0.1) is 5.75 Å². The quantitative estimate of drug-likeness (QED) is 0.490. The van der Waals surface area contributed by atoms with E-state index in [-0.39, 0.29) is 16.9 Å². The van der Waals surface area contributed by atoms with Crippen LogP contribution in [0.5, 0.6) is 0 Å². The van der Waals surface area contributed by atoms with E-state index in [4.69, 9.17) is 0 Å². The molecule has 1 aliphatic rings. The number of isocyanates is 1. The standard InChI is InChI=1S/C7H8N4O3S/c12-5-8-6-9-7-11(10-6)3-1-2-4-15(7,13)14/h1-4H2. The number of sulfone groups is 1. The summed E-state index contributed by atoms with van der Waals surface area (Å²) in [5.74, 6) is -0.0823. The summed E-state index contributed by atoms with van der Waals surface area (Å²) < 4.78 is 24.6. The summed E-state index contributed by atoms with van der Waals surface area (Å²) in [4.78, 5) is 16.9. The molecule has 7 nitrogen and oxygen atoms in total. The highest BCUT2D eigenvalue weighted by atomic mass is 32.2. The molecular formula is C7H8N4O3S. The Balaban J connectivity index is 2.57. The number of nitrogens with zero attached hydrogens (tertiary/aromatic N) is 4. The molecule has 0 spiro atoms. The van der Waals surface area contributed by atoms with Gasteiger partial charge in [0.2, 0.25) is 21.1 Å². The molecule has 1 aromatic heterocycles. The third-order valence-corrected chi connectivity index (χ3v) is 3.77. The molecule has 0 amide bonds. The number of fused-ring (bicyclic) bond motifs is 1. The van der Waals surface area contributed by atoms with Gasteiger partial charge >= 0.3 is 0 Å². The van der Waals surface area contributed by atoms with Crippen molar-refractivity contribution in [2.24, 2.45) is 4.99 Å². The van der Waals surface area contributed by atoms with Crippen LogP contribution in [-0.4, -0.2) is 35.0 Å². The Labute approximate surface area is 85.8 Å². The summed E-state index contributed by atoms with van der Waals surface area (Å²) in [5, 5.41) is 3.69. The Bertz CT molecular complexity index is 526. The molecule has 0 saturated heterocycles. The van der Waals surface area contributed by atoms with Crippen molar-refractivity contribution in [2.75, 3.05) is 5.75 Å². The molecule has 2 rings (SSSR count). The van der Waals surface area contributed by atoms with Crippen molar-refractivity contribution in [2.45, 2.75) is 24.5 Å². The highest BCUT2D eigenvalue weighted by molar-refractivity contribution is 7.91. The number of aryl methyl sites for hydroxylation is 1. The van der Waals surface area contributed by atoms with Crippen molar-refractivity contribution < 1.29 is 13.2 Å². The van der Waals surface area contributed by atoms with Gasteiger partial charge in [-0.15, -0.1) is 10.1 Å². The van der Waals surface area contributed by atoms with Crippen LogP contribution >= 0.6 is 0 Å². The Morgan fingerprint density at radius 1 is 1.40 bits per heavy atom. The van der Waals surface area contributed by atoms with E-state index < -0.39 is 9.84 Å². The monoisotopic (exact) mass is 228 g/mol. The van der Waals surface area contributed by atoms with Crippen molar-refractivity contribution in [1.29, 1.82) is 0 Å². The van der Waals surface area contributed by atoms with Crippen molar-refractivity contribution >= 4 is 21.9 Å². The molecule has 1 aliphatic heterocycles. The van der Waals surface area contributed by atoms with Gasteiger partial charge in [-0.1, -0.05) is 0 Å². The lowest BCUT2D eigenvalue weighted by Crippen LogP contribution is -2.10. The lowest BCUT2D eigenvalue weighted by Gasteiger charge is -1.97. The van der Waals surface area contributed by atoms with E-state index in [1.165, 1.54) is 10.8 Å². The van der Waals surface area contributed by atoms with Crippen LogP contribution in [0.4, 0.5) is 5.95 Å². The number of hydrogen-bond donors (Lipinski definition) is 0. The van der Waals surface area contributed by atoms with Crippen LogP contribution in [0, 0.1) is 0 Å². The maximum Gasteiger partial charge on any atom is 0.280 e. The highest BCUT2D eigenvalue weighted by Gasteiger charge is 2.25. The van der Waals surface area contributed by atoms with Gasteiger partial charge in [-0.2, -0.15) is 4.98 Å². The van der Waals surface area contributed by atoms with E-state index >= 15 is 0 Å². The third kappa shape index (κ3) is 1.81. The van der Waals surface area contributed by atoms with Gasteiger partial charge in [0, 0.05) is 6.54 Å². The number of hydrogen-bond acceptors (Lipinski definition) is 6. The zero-order chi connectivity index (χ0) is 10.9. The molecule has 2 heterocycles. The predicted molar refractivity (Wildman–Crippen MR) is 49.1 cm³/mol. The third-order valence-electron chi connectivity index (χ3n) is 2.08. The van der Waals surface area contributed by atoms with E-state index in [2.05, 4.69) is 15.1 Å². The van der Waals surface area contributed by atoms with E-state index in [0.717, 1.165) is 6.42 Å². The van der Waals surface area contributed by atoms with Crippen LogP contribution in [-0.2, 0) is 21.2 Å². The van der Waals surface area contributed by atoms with E-state index in [9.17, 15) is 13.2 Å². The zero-order valence-corrected chi connectivity index (χ0v) is 8.57. The maximum atomic E-state index is 11.6. The molecule has 0 atom stereocenters. The zero-order valence-electron chi connectivity index (χ0n) is 7.75. The smallest absolute Gasteiger partial charge is 0.234 e. The van der Waals surface area contributed by atoms with Crippen molar-refractivity contribution in [3.05, 3.63) is 0 Å². The molecule has 0 unspecified atom stereocenters. The first-order valence-corrected chi connectivity index (χ1v) is 6.04. The number of carbonyl (C=O) groups excluding carboxylic acids is 1. The van der Waals surface area contributed by atoms with Crippen LogP contribution in [0.15, 0.2) is 10.1 Å². The molecule has 0 radical (unpaired) electrons. The first-order valence-electron chi connectivity index (χ1n) is 4.39. The van der Waals surface area contributed by atoms with Gasteiger partial charge in [0.1, 0.15) is 0 Å². The van der Waals surface area contributed by atoms with Crippen molar-refractivity contribution in [3.8, 4) is 0 Å². The first kappa shape index (κ1) is 10.0. The molecule has 0 aliphatic carbocycles. The van der Waals surface area contributed by atoms with Gasteiger partial charge in [-0.3, -0.25) is 0 Å². The van der Waals surface area contributed by atoms with Crippen LogP contribution in [0.3, 0.4) is 0 Å². The Kier molecular flexibility index (Phi) is 2.37. The van der Waals surface area contributed by atoms with Gasteiger partial charge in [-0.05, 0) is 12.8 Å². The van der Waals surface area contributed by atoms with Crippen LogP contribution in [0.1, 0.15) is 12.8 Å². The van der Waals surface area contributed by atoms with Gasteiger partial charge in [0.25, 0.3) is 5.95 Å². The summed E-state index contributed by atoms with van der Waals surface area (Å²) in [6.07, 6.45) is 2.60. The van der Waals surface area contributed by atoms with E-state index in [0.29, 0.717) is 13.0 Å². The van der Waals surface area contributed by atoms with Crippen LogP contribution < -0.4 is 0 Å². The Morgan fingerprint density at radius 3 is 2.93 bits per heavy atom. The topological polar surface area (TPSA) is 94.3 Å². The largest absolute Gasteiger partial charge is 0.280 e. The summed E-state index contributed by atoms with van der Waals surface area (Å²) >= 11 is 0. The molecule has 1 aromatic rings. The number of rotatable bonds is 1. The second-order valence-electron chi connectivity index (χ2n) is 3.15. The lowest BCUT2D eigenvalue weighted by molar-refractivity contribution is 0.528. The first-order chi connectivity index (χ1) is 7.13. The Morgan fingerprint density at radius 2 is 2.20 bits per heavy atom. The SMILES string of the molecule is O=C=Nc1nc2n(n1)CCCCS2(=O)=O. The van der Waals surface area contributed by atoms with Gasteiger partial charge < -0.3 is 0 Å². The fraction of sp³-hybridized carbons (Fsp3) is 0.571. The summed E-state index contributed by atoms with van der Waals surface area (Å²) in [6, 6.07) is 0. The fourth-order valence-electron chi connectivity index (χ4n) is 1.43. The van der Waals surface area contributed by atoms with Crippen molar-refractivity contribution in [3.63, 3.8) is 0 Å². The summed E-state index contributed by atoms with van der Waals surface area (Å²) in [5.41, 5.74) is 0. The molecular weight excluding hydrogens is 220 g/mol. The predicted octanol–water partition coefficient (Wildman–Crippen LogP) is -0.187. The van der Waals surface area contributed by atoms with Gasteiger partial charge in [0.15, 0.2) is 0 Å². The molecule has 0 N–H and O–H groups in total. The molecule has 0 bridgehead atoms. The number of aliphatic imine (C=N–C) groups is 1. The molecule has 0 saturated carbocycles. The highest BCUT2D eigenvalue weighted by Crippen LogP contribution is 2.18. The van der Waals surface area contributed by atoms with Gasteiger partial charge in [-0.25, -0.2) is 17.9 Å². The molecule has 80 valence electrons. The molecule has 0 aromatic carbocycles. The second kappa shape index (κ2) is 3.56. The average Bonchev–Trinajstić information content (AvgIpc) is 2.52.